The first kappa shape index (κ1) is 19.0. The fourth-order valence-electron chi connectivity index (χ4n) is 2.96. The smallest absolute Gasteiger partial charge is 0.0329 e. The number of rotatable bonds is 10. The summed E-state index contributed by atoms with van der Waals surface area (Å²) in [5.74, 6) is 3.49. The average molecular weight is 269 g/mol. The van der Waals surface area contributed by atoms with Gasteiger partial charge in [-0.15, -0.1) is 0 Å². The minimum absolute atomic E-state index is 0.523. The van der Waals surface area contributed by atoms with Crippen molar-refractivity contribution in [2.75, 3.05) is 0 Å². The van der Waals surface area contributed by atoms with Crippen molar-refractivity contribution in [3.63, 3.8) is 0 Å². The van der Waals surface area contributed by atoms with Crippen LogP contribution < -0.4 is 0 Å². The van der Waals surface area contributed by atoms with Crippen LogP contribution in [0.5, 0.6) is 0 Å². The fraction of sp³-hybridized carbons (Fsp3) is 1.00. The Morgan fingerprint density at radius 3 is 1.63 bits per heavy atom. The lowest BCUT2D eigenvalue weighted by Crippen LogP contribution is -2.22. The maximum atomic E-state index is 2.46. The van der Waals surface area contributed by atoms with Crippen molar-refractivity contribution in [3.05, 3.63) is 0 Å². The Hall–Kier alpha value is 0. The van der Waals surface area contributed by atoms with Gasteiger partial charge in [0, 0.05) is 0 Å². The van der Waals surface area contributed by atoms with Gasteiger partial charge in [-0.3, -0.25) is 0 Å². The standard InChI is InChI=1S/C19H40/c1-9-14-19(7,8)18(6)13-12-17(5)16(4)11-10-15(2)3/h15-18H,9-14H2,1-8H3. The highest BCUT2D eigenvalue weighted by molar-refractivity contribution is 4.76. The third kappa shape index (κ3) is 8.00. The fourth-order valence-corrected chi connectivity index (χ4v) is 2.96. The first-order valence-corrected chi connectivity index (χ1v) is 8.70. The molecule has 0 aromatic rings. The molecular weight excluding hydrogens is 228 g/mol. The van der Waals surface area contributed by atoms with Crippen LogP contribution in [0.15, 0.2) is 0 Å². The van der Waals surface area contributed by atoms with E-state index in [0.717, 1.165) is 23.7 Å². The molecule has 0 aromatic carbocycles. The molecule has 0 saturated heterocycles. The van der Waals surface area contributed by atoms with Gasteiger partial charge in [0.05, 0.1) is 0 Å². The van der Waals surface area contributed by atoms with E-state index in [1.54, 1.807) is 0 Å². The van der Waals surface area contributed by atoms with E-state index in [1.165, 1.54) is 38.5 Å². The maximum absolute atomic E-state index is 2.46. The lowest BCUT2D eigenvalue weighted by Gasteiger charge is -2.33. The van der Waals surface area contributed by atoms with E-state index in [1.807, 2.05) is 0 Å². The molecule has 0 aliphatic rings. The quantitative estimate of drug-likeness (QED) is 0.402. The van der Waals surface area contributed by atoms with Crippen molar-refractivity contribution in [1.29, 1.82) is 0 Å². The van der Waals surface area contributed by atoms with Crippen LogP contribution in [0, 0.1) is 29.1 Å². The molecule has 0 nitrogen and oxygen atoms in total. The van der Waals surface area contributed by atoms with Crippen molar-refractivity contribution in [2.45, 2.75) is 93.9 Å². The summed E-state index contributed by atoms with van der Waals surface area (Å²) in [6.45, 7) is 19.3. The second-order valence-electron chi connectivity index (χ2n) is 8.14. The predicted molar refractivity (Wildman–Crippen MR) is 89.5 cm³/mol. The number of hydrogen-bond acceptors (Lipinski definition) is 0. The lowest BCUT2D eigenvalue weighted by atomic mass is 9.73. The van der Waals surface area contributed by atoms with Gasteiger partial charge < -0.3 is 0 Å². The third-order valence-corrected chi connectivity index (χ3v) is 5.45. The normalized spacial score (nSPS) is 17.5. The zero-order valence-corrected chi connectivity index (χ0v) is 15.1. The molecule has 0 aliphatic carbocycles. The van der Waals surface area contributed by atoms with E-state index in [-0.39, 0.29) is 0 Å². The van der Waals surface area contributed by atoms with Gasteiger partial charge >= 0.3 is 0 Å². The lowest BCUT2D eigenvalue weighted by molar-refractivity contribution is 0.179. The summed E-state index contributed by atoms with van der Waals surface area (Å²) in [5, 5.41) is 0. The van der Waals surface area contributed by atoms with E-state index in [4.69, 9.17) is 0 Å². The first-order valence-electron chi connectivity index (χ1n) is 8.70. The summed E-state index contributed by atoms with van der Waals surface area (Å²) in [5.41, 5.74) is 0.523. The van der Waals surface area contributed by atoms with E-state index < -0.39 is 0 Å². The molecule has 0 saturated carbocycles. The Kier molecular flexibility index (Phi) is 9.03. The minimum atomic E-state index is 0.523. The zero-order chi connectivity index (χ0) is 15.1. The van der Waals surface area contributed by atoms with Crippen LogP contribution in [-0.2, 0) is 0 Å². The summed E-state index contributed by atoms with van der Waals surface area (Å²) in [6, 6.07) is 0. The van der Waals surface area contributed by atoms with E-state index >= 15 is 0 Å². The van der Waals surface area contributed by atoms with Gasteiger partial charge in [0.15, 0.2) is 0 Å². The molecule has 0 spiro atoms. The molecule has 0 N–H and O–H groups in total. The first-order chi connectivity index (χ1) is 8.70. The molecule has 0 rings (SSSR count). The zero-order valence-electron chi connectivity index (χ0n) is 15.1. The van der Waals surface area contributed by atoms with Crippen LogP contribution in [0.3, 0.4) is 0 Å². The largest absolute Gasteiger partial charge is 0.0654 e. The molecule has 0 aromatic heterocycles. The van der Waals surface area contributed by atoms with Crippen LogP contribution in [0.25, 0.3) is 0 Å². The van der Waals surface area contributed by atoms with Gasteiger partial charge in [0.25, 0.3) is 0 Å². The van der Waals surface area contributed by atoms with Crippen molar-refractivity contribution < 1.29 is 0 Å². The second-order valence-corrected chi connectivity index (χ2v) is 8.14. The Balaban J connectivity index is 4.03. The van der Waals surface area contributed by atoms with Crippen LogP contribution >= 0.6 is 0 Å². The van der Waals surface area contributed by atoms with Crippen LogP contribution in [0.2, 0.25) is 0 Å². The van der Waals surface area contributed by atoms with Gasteiger partial charge in [-0.2, -0.15) is 0 Å². The van der Waals surface area contributed by atoms with Gasteiger partial charge in [0.1, 0.15) is 0 Å². The summed E-state index contributed by atoms with van der Waals surface area (Å²) >= 11 is 0. The highest BCUT2D eigenvalue weighted by atomic mass is 14.3. The monoisotopic (exact) mass is 268 g/mol. The minimum Gasteiger partial charge on any atom is -0.0654 e. The summed E-state index contributed by atoms with van der Waals surface area (Å²) in [6.07, 6.45) is 8.30. The Labute approximate surface area is 123 Å². The van der Waals surface area contributed by atoms with E-state index in [2.05, 4.69) is 55.4 Å². The van der Waals surface area contributed by atoms with Crippen molar-refractivity contribution in [3.8, 4) is 0 Å². The SMILES string of the molecule is CCCC(C)(C)C(C)CCC(C)C(C)CCC(C)C. The Bertz CT molecular complexity index is 214. The van der Waals surface area contributed by atoms with E-state index in [0.29, 0.717) is 5.41 Å². The van der Waals surface area contributed by atoms with Crippen LogP contribution in [0.4, 0.5) is 0 Å². The van der Waals surface area contributed by atoms with Crippen molar-refractivity contribution in [2.24, 2.45) is 29.1 Å². The predicted octanol–water partition coefficient (Wildman–Crippen LogP) is 6.94. The van der Waals surface area contributed by atoms with Crippen molar-refractivity contribution in [1.82, 2.24) is 0 Å². The van der Waals surface area contributed by atoms with Gasteiger partial charge in [0.2, 0.25) is 0 Å². The van der Waals surface area contributed by atoms with Crippen molar-refractivity contribution >= 4 is 0 Å². The molecule has 3 unspecified atom stereocenters. The van der Waals surface area contributed by atoms with Gasteiger partial charge in [-0.05, 0) is 41.9 Å². The molecule has 0 fully saturated rings. The molecule has 116 valence electrons. The molecule has 3 atom stereocenters. The second kappa shape index (κ2) is 9.03. The summed E-state index contributed by atoms with van der Waals surface area (Å²) < 4.78 is 0. The Morgan fingerprint density at radius 1 is 0.737 bits per heavy atom. The topological polar surface area (TPSA) is 0 Å². The Morgan fingerprint density at radius 2 is 1.21 bits per heavy atom. The van der Waals surface area contributed by atoms with Gasteiger partial charge in [-0.25, -0.2) is 0 Å². The summed E-state index contributed by atoms with van der Waals surface area (Å²) in [7, 11) is 0. The van der Waals surface area contributed by atoms with Gasteiger partial charge in [-0.1, -0.05) is 81.1 Å². The molecule has 0 heteroatoms. The third-order valence-electron chi connectivity index (χ3n) is 5.45. The average Bonchev–Trinajstić information content (AvgIpc) is 2.32. The maximum Gasteiger partial charge on any atom is -0.0329 e. The highest BCUT2D eigenvalue weighted by Crippen LogP contribution is 2.36. The molecule has 0 bridgehead atoms. The van der Waals surface area contributed by atoms with E-state index in [9.17, 15) is 0 Å². The van der Waals surface area contributed by atoms with Crippen LogP contribution in [-0.4, -0.2) is 0 Å². The molecule has 0 amide bonds. The molecule has 0 aliphatic heterocycles. The molecule has 19 heavy (non-hydrogen) atoms. The number of hydrogen-bond donors (Lipinski definition) is 0. The van der Waals surface area contributed by atoms with Crippen LogP contribution in [0.1, 0.15) is 93.9 Å². The molecular formula is C19H40. The highest BCUT2D eigenvalue weighted by Gasteiger charge is 2.25. The molecule has 0 heterocycles. The molecule has 0 radical (unpaired) electrons. The summed E-state index contributed by atoms with van der Waals surface area (Å²) in [4.78, 5) is 0.